The first kappa shape index (κ1) is 61.1. The van der Waals surface area contributed by atoms with Crippen LogP contribution in [0.2, 0.25) is 0 Å². The Morgan fingerprint density at radius 1 is 0.159 bits per heavy atom. The van der Waals surface area contributed by atoms with Gasteiger partial charge in [-0.3, -0.25) is 0 Å². The molecule has 0 atom stereocenters. The van der Waals surface area contributed by atoms with Crippen molar-refractivity contribution in [1.29, 1.82) is 0 Å². The summed E-state index contributed by atoms with van der Waals surface area (Å²) < 4.78 is 4.94. The van der Waals surface area contributed by atoms with Gasteiger partial charge in [-0.25, -0.2) is 0 Å². The Morgan fingerprint density at radius 2 is 0.256 bits per heavy atom. The molecule has 0 bridgehead atoms. The molecule has 0 aromatic heterocycles. The Hall–Kier alpha value is -7.02. The summed E-state index contributed by atoms with van der Waals surface area (Å²) in [6.07, 6.45) is 2.56. The summed E-state index contributed by atoms with van der Waals surface area (Å²) in [6, 6.07) is 129. The Balaban J connectivity index is 0.000000138. The topological polar surface area (TPSA) is 9.23 Å². The van der Waals surface area contributed by atoms with Crippen LogP contribution < -0.4 is 63.7 Å². The molecule has 0 saturated carbocycles. The van der Waals surface area contributed by atoms with Crippen LogP contribution in [0.1, 0.15) is 12.8 Å². The van der Waals surface area contributed by atoms with Crippen molar-refractivity contribution in [2.24, 2.45) is 0 Å². The Morgan fingerprint density at radius 3 is 0.329 bits per heavy atom. The molecule has 82 heavy (non-hydrogen) atoms. The van der Waals surface area contributed by atoms with Gasteiger partial charge in [-0.15, -0.1) is 0 Å². The van der Waals surface area contributed by atoms with Crippen molar-refractivity contribution in [2.75, 3.05) is 13.2 Å². The second-order valence-corrected chi connectivity index (χ2v) is 27.6. The zero-order valence-electron chi connectivity index (χ0n) is 46.0. The molecule has 1 aliphatic heterocycles. The maximum absolute atomic E-state index is 4.94. The Labute approximate surface area is 506 Å². The summed E-state index contributed by atoms with van der Waals surface area (Å²) in [5.74, 6) is 0. The maximum Gasteiger partial charge on any atom is 0.0466 e. The van der Waals surface area contributed by atoms with E-state index in [0.29, 0.717) is 0 Å². The summed E-state index contributed by atoms with van der Waals surface area (Å²) in [4.78, 5) is 0. The van der Waals surface area contributed by atoms with Crippen molar-refractivity contribution in [3.05, 3.63) is 364 Å². The van der Waals surface area contributed by atoms with E-state index < -0.39 is 31.7 Å². The van der Waals surface area contributed by atoms with Gasteiger partial charge in [-0.05, 0) is 108 Å². The van der Waals surface area contributed by atoms with Crippen LogP contribution in [0.5, 0.6) is 0 Å². The second kappa shape index (κ2) is 35.1. The summed E-state index contributed by atoms with van der Waals surface area (Å²) in [7, 11) is -1.78. The average molecular weight is 1230 g/mol. The van der Waals surface area contributed by atoms with Crippen molar-refractivity contribution in [1.82, 2.24) is 0 Å². The molecule has 1 aliphatic rings. The molecular weight excluding hydrogens is 1160 g/mol. The van der Waals surface area contributed by atoms with Gasteiger partial charge in [0.25, 0.3) is 0 Å². The monoisotopic (exact) mass is 1230 g/mol. The Kier molecular flexibility index (Phi) is 26.1. The Bertz CT molecular complexity index is 2670. The minimum absolute atomic E-state index is 0. The molecular formula is C76H68OP4Pd. The third kappa shape index (κ3) is 18.8. The van der Waals surface area contributed by atoms with Gasteiger partial charge >= 0.3 is 0 Å². The molecule has 0 aliphatic carbocycles. The molecule has 0 amide bonds. The van der Waals surface area contributed by atoms with E-state index in [1.165, 1.54) is 76.5 Å². The molecule has 1 heterocycles. The van der Waals surface area contributed by atoms with E-state index in [2.05, 4.69) is 364 Å². The van der Waals surface area contributed by atoms with E-state index in [0.717, 1.165) is 13.2 Å². The molecule has 6 heteroatoms. The van der Waals surface area contributed by atoms with Crippen LogP contribution in [0, 0.1) is 0 Å². The van der Waals surface area contributed by atoms with Crippen LogP contribution >= 0.6 is 31.7 Å². The van der Waals surface area contributed by atoms with Crippen LogP contribution in [-0.2, 0) is 25.2 Å². The smallest absolute Gasteiger partial charge is 0.0466 e. The predicted octanol–water partition coefficient (Wildman–Crippen LogP) is 14.6. The zero-order valence-corrected chi connectivity index (χ0v) is 51.1. The number of ether oxygens (including phenoxy) is 1. The minimum Gasteiger partial charge on any atom is -0.381 e. The van der Waals surface area contributed by atoms with Crippen molar-refractivity contribution < 1.29 is 25.2 Å². The van der Waals surface area contributed by atoms with Crippen molar-refractivity contribution >= 4 is 95.3 Å². The molecule has 0 radical (unpaired) electrons. The molecule has 0 unspecified atom stereocenters. The quantitative estimate of drug-likeness (QED) is 0.0875. The van der Waals surface area contributed by atoms with E-state index in [1.54, 1.807) is 0 Å². The molecule has 408 valence electrons. The number of hydrogen-bond acceptors (Lipinski definition) is 1. The third-order valence-corrected chi connectivity index (χ3v) is 22.8. The molecule has 0 N–H and O–H groups in total. The predicted molar refractivity (Wildman–Crippen MR) is 361 cm³/mol. The zero-order chi connectivity index (χ0) is 55.2. The van der Waals surface area contributed by atoms with Gasteiger partial charge in [0, 0.05) is 33.6 Å². The van der Waals surface area contributed by atoms with Crippen LogP contribution in [0.25, 0.3) is 0 Å². The molecule has 1 saturated heterocycles. The first-order valence-corrected chi connectivity index (χ1v) is 33.1. The largest absolute Gasteiger partial charge is 0.381 e. The van der Waals surface area contributed by atoms with Gasteiger partial charge in [0.15, 0.2) is 0 Å². The number of rotatable bonds is 12. The van der Waals surface area contributed by atoms with E-state index in [-0.39, 0.29) is 20.4 Å². The maximum atomic E-state index is 4.94. The molecule has 1 nitrogen and oxygen atoms in total. The molecule has 0 spiro atoms. The van der Waals surface area contributed by atoms with Crippen molar-refractivity contribution in [2.45, 2.75) is 12.8 Å². The van der Waals surface area contributed by atoms with Crippen molar-refractivity contribution in [3.63, 3.8) is 0 Å². The van der Waals surface area contributed by atoms with E-state index in [1.807, 2.05) is 0 Å². The van der Waals surface area contributed by atoms with E-state index in [4.69, 9.17) is 4.74 Å². The average Bonchev–Trinajstić information content (AvgIpc) is 4.20. The standard InChI is InChI=1S/4C18H15P.C4H8O.Pd/c4*1-4-10-16(11-5-1)19(17-12-6-2-7-13-17)18-14-8-3-9-15-18;1-2-4-5-3-1;/h4*1-15H;1-4H2;. The summed E-state index contributed by atoms with van der Waals surface area (Å²) in [5.41, 5.74) is 0. The van der Waals surface area contributed by atoms with Gasteiger partial charge in [-0.2, -0.15) is 0 Å². The molecule has 12 aromatic carbocycles. The van der Waals surface area contributed by atoms with Gasteiger partial charge in [0.2, 0.25) is 0 Å². The van der Waals surface area contributed by atoms with Gasteiger partial charge in [0.1, 0.15) is 0 Å². The van der Waals surface area contributed by atoms with E-state index >= 15 is 0 Å². The number of hydrogen-bond donors (Lipinski definition) is 0. The summed E-state index contributed by atoms with van der Waals surface area (Å²) in [6.45, 7) is 2.00. The third-order valence-electron chi connectivity index (χ3n) is 13.0. The minimum atomic E-state index is -0.446. The molecule has 1 fully saturated rings. The van der Waals surface area contributed by atoms with Crippen LogP contribution in [-0.4, -0.2) is 13.2 Å². The fourth-order valence-corrected chi connectivity index (χ4v) is 18.4. The van der Waals surface area contributed by atoms with E-state index in [9.17, 15) is 0 Å². The normalized spacial score (nSPS) is 11.3. The fourth-order valence-electron chi connectivity index (χ4n) is 9.22. The molecule has 13 rings (SSSR count). The van der Waals surface area contributed by atoms with Crippen LogP contribution in [0.15, 0.2) is 364 Å². The summed E-state index contributed by atoms with van der Waals surface area (Å²) in [5, 5.41) is 16.8. The number of benzene rings is 12. The van der Waals surface area contributed by atoms with Crippen molar-refractivity contribution in [3.8, 4) is 0 Å². The first-order chi connectivity index (χ1) is 40.3. The first-order valence-electron chi connectivity index (χ1n) is 27.7. The van der Waals surface area contributed by atoms with Gasteiger partial charge in [-0.1, -0.05) is 364 Å². The van der Waals surface area contributed by atoms with Crippen LogP contribution in [0.3, 0.4) is 0 Å². The van der Waals surface area contributed by atoms with Gasteiger partial charge in [0.05, 0.1) is 0 Å². The summed E-state index contributed by atoms with van der Waals surface area (Å²) >= 11 is 0. The fraction of sp³-hybridized carbons (Fsp3) is 0.0526. The van der Waals surface area contributed by atoms with Crippen LogP contribution in [0.4, 0.5) is 0 Å². The SMILES string of the molecule is C1CCOC1.[Pd].c1ccc(P(c2ccccc2)c2ccccc2)cc1.c1ccc(P(c2ccccc2)c2ccccc2)cc1.c1ccc(P(c2ccccc2)c2ccccc2)cc1.c1ccc(P(c2ccccc2)c2ccccc2)cc1. The van der Waals surface area contributed by atoms with Gasteiger partial charge < -0.3 is 4.74 Å². The second-order valence-electron chi connectivity index (χ2n) is 18.7. The molecule has 12 aromatic rings.